The van der Waals surface area contributed by atoms with E-state index in [0.717, 1.165) is 18.8 Å². The van der Waals surface area contributed by atoms with E-state index in [-0.39, 0.29) is 18.2 Å². The van der Waals surface area contributed by atoms with E-state index >= 15 is 0 Å². The van der Waals surface area contributed by atoms with Gasteiger partial charge in [-0.25, -0.2) is 0 Å². The number of nitrogens with zero attached hydrogens (tertiary/aromatic N) is 3. The number of aryl methyl sites for hydroxylation is 1. The molecule has 0 bridgehead atoms. The number of rotatable bonds is 5. The first kappa shape index (κ1) is 17.7. The standard InChI is InChI=1S/C19H21N3O4/c1-15-13-17(7-8-18(15)22(24)25)26-14-19(23)21-11-9-20(10-12-21)16-5-3-2-4-6-16/h2-8,13H,9-12,14H2,1H3. The molecule has 2 aromatic carbocycles. The third-order valence-corrected chi connectivity index (χ3v) is 4.48. The molecule has 0 aromatic heterocycles. The van der Waals surface area contributed by atoms with Crippen molar-refractivity contribution >= 4 is 17.3 Å². The highest BCUT2D eigenvalue weighted by molar-refractivity contribution is 5.78. The Balaban J connectivity index is 1.50. The van der Waals surface area contributed by atoms with Crippen LogP contribution >= 0.6 is 0 Å². The molecule has 0 atom stereocenters. The summed E-state index contributed by atoms with van der Waals surface area (Å²) in [6, 6.07) is 14.6. The normalized spacial score (nSPS) is 14.2. The minimum absolute atomic E-state index is 0.0423. The average molecular weight is 355 g/mol. The Labute approximate surface area is 151 Å². The quantitative estimate of drug-likeness (QED) is 0.609. The third kappa shape index (κ3) is 4.11. The smallest absolute Gasteiger partial charge is 0.272 e. The number of anilines is 1. The molecule has 136 valence electrons. The van der Waals surface area contributed by atoms with E-state index < -0.39 is 4.92 Å². The molecule has 0 saturated carbocycles. The largest absolute Gasteiger partial charge is 0.484 e. The van der Waals surface area contributed by atoms with Gasteiger partial charge in [0.1, 0.15) is 5.75 Å². The lowest BCUT2D eigenvalue weighted by Crippen LogP contribution is -2.50. The highest BCUT2D eigenvalue weighted by atomic mass is 16.6. The van der Waals surface area contributed by atoms with Crippen LogP contribution in [0.15, 0.2) is 48.5 Å². The van der Waals surface area contributed by atoms with Crippen molar-refractivity contribution in [1.82, 2.24) is 4.90 Å². The summed E-state index contributed by atoms with van der Waals surface area (Å²) < 4.78 is 5.52. The van der Waals surface area contributed by atoms with Crippen LogP contribution in [0.3, 0.4) is 0 Å². The van der Waals surface area contributed by atoms with Crippen LogP contribution in [-0.2, 0) is 4.79 Å². The lowest BCUT2D eigenvalue weighted by molar-refractivity contribution is -0.385. The maximum absolute atomic E-state index is 12.3. The van der Waals surface area contributed by atoms with Crippen LogP contribution in [0.5, 0.6) is 5.75 Å². The lowest BCUT2D eigenvalue weighted by Gasteiger charge is -2.36. The van der Waals surface area contributed by atoms with Crippen molar-refractivity contribution in [3.63, 3.8) is 0 Å². The zero-order valence-electron chi connectivity index (χ0n) is 14.6. The van der Waals surface area contributed by atoms with Crippen molar-refractivity contribution in [3.05, 3.63) is 64.2 Å². The number of benzene rings is 2. The van der Waals surface area contributed by atoms with Gasteiger partial charge in [0.25, 0.3) is 11.6 Å². The van der Waals surface area contributed by atoms with Crippen LogP contribution < -0.4 is 9.64 Å². The molecule has 0 radical (unpaired) electrons. The van der Waals surface area contributed by atoms with E-state index in [9.17, 15) is 14.9 Å². The first-order valence-electron chi connectivity index (χ1n) is 8.50. The first-order valence-corrected chi connectivity index (χ1v) is 8.50. The number of hydrogen-bond acceptors (Lipinski definition) is 5. The van der Waals surface area contributed by atoms with Crippen molar-refractivity contribution < 1.29 is 14.5 Å². The molecule has 0 spiro atoms. The van der Waals surface area contributed by atoms with Crippen molar-refractivity contribution in [1.29, 1.82) is 0 Å². The number of carbonyl (C=O) groups is 1. The minimum Gasteiger partial charge on any atom is -0.484 e. The van der Waals surface area contributed by atoms with Crippen molar-refractivity contribution in [2.24, 2.45) is 0 Å². The predicted octanol–water partition coefficient (Wildman–Crippen LogP) is 2.63. The fraction of sp³-hybridized carbons (Fsp3) is 0.316. The third-order valence-electron chi connectivity index (χ3n) is 4.48. The number of ether oxygens (including phenoxy) is 1. The van der Waals surface area contributed by atoms with Crippen LogP contribution in [0.4, 0.5) is 11.4 Å². The maximum Gasteiger partial charge on any atom is 0.272 e. The van der Waals surface area contributed by atoms with Gasteiger partial charge in [-0.15, -0.1) is 0 Å². The van der Waals surface area contributed by atoms with Gasteiger partial charge >= 0.3 is 0 Å². The van der Waals surface area contributed by atoms with Crippen LogP contribution in [0.2, 0.25) is 0 Å². The van der Waals surface area contributed by atoms with Gasteiger partial charge in [-0.3, -0.25) is 14.9 Å². The summed E-state index contributed by atoms with van der Waals surface area (Å²) in [4.78, 5) is 26.8. The highest BCUT2D eigenvalue weighted by Crippen LogP contribution is 2.23. The monoisotopic (exact) mass is 355 g/mol. The van der Waals surface area contributed by atoms with E-state index in [4.69, 9.17) is 4.74 Å². The summed E-state index contributed by atoms with van der Waals surface area (Å²) in [5, 5.41) is 10.8. The van der Waals surface area contributed by atoms with E-state index in [1.807, 2.05) is 18.2 Å². The zero-order valence-corrected chi connectivity index (χ0v) is 14.6. The molecule has 1 fully saturated rings. The molecule has 1 heterocycles. The number of piperazine rings is 1. The molecule has 2 aromatic rings. The number of para-hydroxylation sites is 1. The van der Waals surface area contributed by atoms with Crippen LogP contribution in [0.25, 0.3) is 0 Å². The highest BCUT2D eigenvalue weighted by Gasteiger charge is 2.21. The molecule has 0 N–H and O–H groups in total. The molecule has 1 amide bonds. The summed E-state index contributed by atoms with van der Waals surface area (Å²) in [5.74, 6) is 0.387. The number of hydrogen-bond donors (Lipinski definition) is 0. The summed E-state index contributed by atoms with van der Waals surface area (Å²) in [7, 11) is 0. The molecule has 1 aliphatic heterocycles. The minimum atomic E-state index is -0.434. The van der Waals surface area contributed by atoms with E-state index in [0.29, 0.717) is 24.4 Å². The van der Waals surface area contributed by atoms with Gasteiger partial charge in [0.05, 0.1) is 4.92 Å². The molecule has 7 heteroatoms. The molecule has 1 aliphatic rings. The predicted molar refractivity (Wildman–Crippen MR) is 98.6 cm³/mol. The number of amides is 1. The van der Waals surface area contributed by atoms with Crippen LogP contribution in [0.1, 0.15) is 5.56 Å². The van der Waals surface area contributed by atoms with Crippen LogP contribution in [0, 0.1) is 17.0 Å². The molecular weight excluding hydrogens is 334 g/mol. The Bertz CT molecular complexity index is 787. The van der Waals surface area contributed by atoms with Crippen molar-refractivity contribution in [2.45, 2.75) is 6.92 Å². The van der Waals surface area contributed by atoms with Crippen molar-refractivity contribution in [3.8, 4) is 5.75 Å². The van der Waals surface area contributed by atoms with Gasteiger partial charge in [-0.1, -0.05) is 18.2 Å². The van der Waals surface area contributed by atoms with Gasteiger partial charge in [-0.2, -0.15) is 0 Å². The molecule has 0 aliphatic carbocycles. The summed E-state index contributed by atoms with van der Waals surface area (Å²) in [6.45, 7) is 4.45. The number of nitro groups is 1. The molecule has 1 saturated heterocycles. The van der Waals surface area contributed by atoms with Gasteiger partial charge in [0.15, 0.2) is 6.61 Å². The fourth-order valence-electron chi connectivity index (χ4n) is 3.01. The Morgan fingerprint density at radius 2 is 1.81 bits per heavy atom. The van der Waals surface area contributed by atoms with E-state index in [2.05, 4.69) is 17.0 Å². The SMILES string of the molecule is Cc1cc(OCC(=O)N2CCN(c3ccccc3)CC2)ccc1[N+](=O)[O-]. The number of nitro benzene ring substituents is 1. The Morgan fingerprint density at radius 3 is 2.42 bits per heavy atom. The second-order valence-corrected chi connectivity index (χ2v) is 6.20. The molecule has 26 heavy (non-hydrogen) atoms. The van der Waals surface area contributed by atoms with Crippen molar-refractivity contribution in [2.75, 3.05) is 37.7 Å². The second kappa shape index (κ2) is 7.86. The van der Waals surface area contributed by atoms with E-state index in [1.165, 1.54) is 12.1 Å². The summed E-state index contributed by atoms with van der Waals surface area (Å²) >= 11 is 0. The van der Waals surface area contributed by atoms with Crippen LogP contribution in [-0.4, -0.2) is 48.5 Å². The maximum atomic E-state index is 12.3. The van der Waals surface area contributed by atoms with Gasteiger partial charge < -0.3 is 14.5 Å². The zero-order chi connectivity index (χ0) is 18.5. The lowest BCUT2D eigenvalue weighted by atomic mass is 10.2. The Morgan fingerprint density at radius 1 is 1.12 bits per heavy atom. The average Bonchev–Trinajstić information content (AvgIpc) is 2.66. The topological polar surface area (TPSA) is 75.9 Å². The Hall–Kier alpha value is -3.09. The van der Waals surface area contributed by atoms with Gasteiger partial charge in [0.2, 0.25) is 0 Å². The van der Waals surface area contributed by atoms with E-state index in [1.54, 1.807) is 17.9 Å². The fourth-order valence-corrected chi connectivity index (χ4v) is 3.01. The Kier molecular flexibility index (Phi) is 5.36. The van der Waals surface area contributed by atoms with Gasteiger partial charge in [-0.05, 0) is 31.2 Å². The molecule has 3 rings (SSSR count). The summed E-state index contributed by atoms with van der Waals surface area (Å²) in [6.07, 6.45) is 0. The molecule has 0 unspecified atom stereocenters. The summed E-state index contributed by atoms with van der Waals surface area (Å²) in [5.41, 5.74) is 1.72. The van der Waals surface area contributed by atoms with Gasteiger partial charge in [0, 0.05) is 43.5 Å². The number of carbonyl (C=O) groups excluding carboxylic acids is 1. The first-order chi connectivity index (χ1) is 12.5. The molecule has 7 nitrogen and oxygen atoms in total. The molecular formula is C19H21N3O4. The second-order valence-electron chi connectivity index (χ2n) is 6.20.